The van der Waals surface area contributed by atoms with Gasteiger partial charge in [-0.15, -0.1) is 0 Å². The molecule has 5 heteroatoms. The summed E-state index contributed by atoms with van der Waals surface area (Å²) in [5.41, 5.74) is 6.96. The highest BCUT2D eigenvalue weighted by Crippen LogP contribution is 2.35. The zero-order valence-electron chi connectivity index (χ0n) is 11.4. The third-order valence-corrected chi connectivity index (χ3v) is 3.72. The van der Waals surface area contributed by atoms with Crippen molar-refractivity contribution in [3.8, 4) is 0 Å². The van der Waals surface area contributed by atoms with Crippen LogP contribution in [-0.2, 0) is 7.05 Å². The summed E-state index contributed by atoms with van der Waals surface area (Å²) in [4.78, 5) is 12.2. The van der Waals surface area contributed by atoms with E-state index in [1.807, 2.05) is 0 Å². The normalized spacial score (nSPS) is 22.7. The molecular formula is C13H22N4O. The smallest absolute Gasteiger partial charge is 0.271 e. The molecule has 18 heavy (non-hydrogen) atoms. The second kappa shape index (κ2) is 4.63. The Kier molecular flexibility index (Phi) is 3.32. The molecule has 0 saturated heterocycles. The van der Waals surface area contributed by atoms with Crippen LogP contribution in [0, 0.1) is 5.41 Å². The summed E-state index contributed by atoms with van der Waals surface area (Å²) < 4.78 is 1.53. The monoisotopic (exact) mass is 250 g/mol. The maximum absolute atomic E-state index is 12.2. The summed E-state index contributed by atoms with van der Waals surface area (Å²) in [7, 11) is 1.73. The largest absolute Gasteiger partial charge is 0.396 e. The fourth-order valence-corrected chi connectivity index (χ4v) is 2.81. The number of rotatable bonds is 2. The first-order valence-corrected chi connectivity index (χ1v) is 6.47. The van der Waals surface area contributed by atoms with Crippen LogP contribution in [0.1, 0.15) is 50.0 Å². The summed E-state index contributed by atoms with van der Waals surface area (Å²) in [6.07, 6.45) is 5.98. The average Bonchev–Trinajstić information content (AvgIpc) is 2.57. The van der Waals surface area contributed by atoms with Gasteiger partial charge in [-0.05, 0) is 24.7 Å². The van der Waals surface area contributed by atoms with Gasteiger partial charge in [-0.2, -0.15) is 5.10 Å². The van der Waals surface area contributed by atoms with E-state index in [4.69, 9.17) is 5.73 Å². The van der Waals surface area contributed by atoms with Gasteiger partial charge >= 0.3 is 0 Å². The predicted octanol–water partition coefficient (Wildman–Crippen LogP) is 1.70. The summed E-state index contributed by atoms with van der Waals surface area (Å²) >= 11 is 0. The molecule has 3 N–H and O–H groups in total. The lowest BCUT2D eigenvalue weighted by molar-refractivity contribution is 0.0894. The Hall–Kier alpha value is -1.52. The molecule has 0 aromatic carbocycles. The standard InChI is InChI=1S/C13H22N4O/c1-13(2)6-4-5-9(7-13)16-12(18)11-10(14)8-15-17(11)3/h8-9H,4-7,14H2,1-3H3,(H,16,18). The number of nitrogens with zero attached hydrogens (tertiary/aromatic N) is 2. The summed E-state index contributed by atoms with van der Waals surface area (Å²) in [6, 6.07) is 0.246. The van der Waals surface area contributed by atoms with Crippen molar-refractivity contribution in [1.29, 1.82) is 0 Å². The first kappa shape index (κ1) is 12.9. The Morgan fingerprint density at radius 3 is 2.89 bits per heavy atom. The van der Waals surface area contributed by atoms with Crippen LogP contribution >= 0.6 is 0 Å². The lowest BCUT2D eigenvalue weighted by atomic mass is 9.75. The van der Waals surface area contributed by atoms with Gasteiger partial charge in [-0.1, -0.05) is 20.3 Å². The van der Waals surface area contributed by atoms with Crippen LogP contribution in [-0.4, -0.2) is 21.7 Å². The molecule has 1 saturated carbocycles. The third-order valence-electron chi connectivity index (χ3n) is 3.72. The Bertz CT molecular complexity index is 430. The number of nitrogens with two attached hydrogens (primary N) is 1. The molecule has 1 aliphatic carbocycles. The van der Waals surface area contributed by atoms with Crippen molar-refractivity contribution in [2.75, 3.05) is 5.73 Å². The van der Waals surface area contributed by atoms with Gasteiger partial charge < -0.3 is 11.1 Å². The van der Waals surface area contributed by atoms with Gasteiger partial charge in [0.05, 0.1) is 11.9 Å². The van der Waals surface area contributed by atoms with E-state index < -0.39 is 0 Å². The first-order valence-electron chi connectivity index (χ1n) is 6.47. The minimum Gasteiger partial charge on any atom is -0.396 e. The van der Waals surface area contributed by atoms with Gasteiger partial charge in [0.2, 0.25) is 0 Å². The molecule has 0 radical (unpaired) electrons. The van der Waals surface area contributed by atoms with Crippen molar-refractivity contribution in [1.82, 2.24) is 15.1 Å². The number of amides is 1. The second-order valence-corrected chi connectivity index (χ2v) is 6.00. The van der Waals surface area contributed by atoms with Gasteiger partial charge in [0.15, 0.2) is 0 Å². The molecule has 1 aliphatic rings. The molecule has 100 valence electrons. The highest BCUT2D eigenvalue weighted by molar-refractivity contribution is 5.97. The van der Waals surface area contributed by atoms with E-state index in [1.165, 1.54) is 23.7 Å². The van der Waals surface area contributed by atoms with Gasteiger partial charge in [-0.3, -0.25) is 9.48 Å². The number of carbonyl (C=O) groups excluding carboxylic acids is 1. The zero-order valence-corrected chi connectivity index (χ0v) is 11.4. The minimum atomic E-state index is -0.116. The molecule has 1 aromatic heterocycles. The van der Waals surface area contributed by atoms with E-state index in [1.54, 1.807) is 7.05 Å². The number of hydrogen-bond acceptors (Lipinski definition) is 3. The maximum atomic E-state index is 12.2. The van der Waals surface area contributed by atoms with E-state index in [0.717, 1.165) is 12.8 Å². The number of aromatic nitrogens is 2. The summed E-state index contributed by atoms with van der Waals surface area (Å²) in [5, 5.41) is 7.07. The first-order chi connectivity index (χ1) is 8.39. The highest BCUT2D eigenvalue weighted by atomic mass is 16.2. The molecule has 2 rings (SSSR count). The number of hydrogen-bond donors (Lipinski definition) is 2. The van der Waals surface area contributed by atoms with Crippen molar-refractivity contribution in [3.63, 3.8) is 0 Å². The van der Waals surface area contributed by atoms with Crippen molar-refractivity contribution in [3.05, 3.63) is 11.9 Å². The number of anilines is 1. The Morgan fingerprint density at radius 1 is 1.61 bits per heavy atom. The minimum absolute atomic E-state index is 0.116. The lowest BCUT2D eigenvalue weighted by Gasteiger charge is -2.35. The molecule has 1 unspecified atom stereocenters. The summed E-state index contributed by atoms with van der Waals surface area (Å²) in [6.45, 7) is 4.51. The Morgan fingerprint density at radius 2 is 2.33 bits per heavy atom. The fourth-order valence-electron chi connectivity index (χ4n) is 2.81. The maximum Gasteiger partial charge on any atom is 0.271 e. The van der Waals surface area contributed by atoms with Crippen LogP contribution in [0.15, 0.2) is 6.20 Å². The van der Waals surface area contributed by atoms with Gasteiger partial charge in [-0.25, -0.2) is 0 Å². The van der Waals surface area contributed by atoms with Crippen molar-refractivity contribution >= 4 is 11.6 Å². The van der Waals surface area contributed by atoms with Gasteiger partial charge in [0.1, 0.15) is 5.69 Å². The molecule has 0 bridgehead atoms. The molecule has 1 heterocycles. The topological polar surface area (TPSA) is 72.9 Å². The van der Waals surface area contributed by atoms with Crippen LogP contribution in [0.4, 0.5) is 5.69 Å². The zero-order chi connectivity index (χ0) is 13.3. The van der Waals surface area contributed by atoms with Crippen LogP contribution in [0.5, 0.6) is 0 Å². The van der Waals surface area contributed by atoms with Gasteiger partial charge in [0.25, 0.3) is 5.91 Å². The molecule has 1 fully saturated rings. The van der Waals surface area contributed by atoms with Crippen LogP contribution in [0.3, 0.4) is 0 Å². The van der Waals surface area contributed by atoms with Crippen LogP contribution < -0.4 is 11.1 Å². The van der Waals surface area contributed by atoms with E-state index in [-0.39, 0.29) is 11.9 Å². The average molecular weight is 250 g/mol. The highest BCUT2D eigenvalue weighted by Gasteiger charge is 2.29. The summed E-state index contributed by atoms with van der Waals surface area (Å²) in [5.74, 6) is -0.116. The number of aryl methyl sites for hydroxylation is 1. The van der Waals surface area contributed by atoms with E-state index >= 15 is 0 Å². The lowest BCUT2D eigenvalue weighted by Crippen LogP contribution is -2.41. The SMILES string of the molecule is Cn1ncc(N)c1C(=O)NC1CCCC(C)(C)C1. The van der Waals surface area contributed by atoms with E-state index in [0.29, 0.717) is 16.8 Å². The van der Waals surface area contributed by atoms with Gasteiger partial charge in [0, 0.05) is 13.1 Å². The fraction of sp³-hybridized carbons (Fsp3) is 0.692. The van der Waals surface area contributed by atoms with E-state index in [2.05, 4.69) is 24.3 Å². The second-order valence-electron chi connectivity index (χ2n) is 6.00. The number of nitrogens with one attached hydrogen (secondary N) is 1. The third kappa shape index (κ3) is 2.66. The molecule has 1 amide bonds. The Labute approximate surface area is 108 Å². The molecule has 0 aliphatic heterocycles. The number of nitrogen functional groups attached to an aromatic ring is 1. The molecular weight excluding hydrogens is 228 g/mol. The quantitative estimate of drug-likeness (QED) is 0.839. The van der Waals surface area contributed by atoms with Crippen LogP contribution in [0.2, 0.25) is 0 Å². The molecule has 0 spiro atoms. The van der Waals surface area contributed by atoms with Crippen LogP contribution in [0.25, 0.3) is 0 Å². The predicted molar refractivity (Wildman–Crippen MR) is 71.1 cm³/mol. The molecule has 5 nitrogen and oxygen atoms in total. The van der Waals surface area contributed by atoms with Crippen molar-refractivity contribution < 1.29 is 4.79 Å². The van der Waals surface area contributed by atoms with Crippen molar-refractivity contribution in [2.45, 2.75) is 45.6 Å². The Balaban J connectivity index is 2.04. The van der Waals surface area contributed by atoms with E-state index in [9.17, 15) is 4.79 Å². The molecule has 1 atom stereocenters. The van der Waals surface area contributed by atoms with Crippen molar-refractivity contribution in [2.24, 2.45) is 12.5 Å². The molecule has 1 aromatic rings. The number of carbonyl (C=O) groups is 1.